The third-order valence-corrected chi connectivity index (χ3v) is 11.6. The van der Waals surface area contributed by atoms with Crippen LogP contribution in [0.15, 0.2) is 23.3 Å². The van der Waals surface area contributed by atoms with Gasteiger partial charge in [-0.15, -0.1) is 0 Å². The molecular weight excluding hydrogens is 424 g/mol. The summed E-state index contributed by atoms with van der Waals surface area (Å²) in [6, 6.07) is 0. The Balaban J connectivity index is 1.57. The van der Waals surface area contributed by atoms with E-state index in [2.05, 4.69) is 53.7 Å². The van der Waals surface area contributed by atoms with E-state index in [4.69, 9.17) is 0 Å². The summed E-state index contributed by atoms with van der Waals surface area (Å²) in [5, 5.41) is 29.1. The van der Waals surface area contributed by atoms with Crippen LogP contribution in [0.2, 0.25) is 0 Å². The highest BCUT2D eigenvalue weighted by atomic mass is 16.4. The monoisotopic (exact) mass is 472 g/mol. The van der Waals surface area contributed by atoms with E-state index in [-0.39, 0.29) is 34.9 Å². The first-order chi connectivity index (χ1) is 15.8. The molecule has 4 aliphatic carbocycles. The highest BCUT2D eigenvalue weighted by molar-refractivity contribution is 5.86. The van der Waals surface area contributed by atoms with Gasteiger partial charge in [0, 0.05) is 11.8 Å². The maximum Gasteiger partial charge on any atom is 0.138 e. The summed E-state index contributed by atoms with van der Waals surface area (Å²) in [7, 11) is 0. The first-order valence-corrected chi connectivity index (χ1v) is 13.7. The second-order valence-corrected chi connectivity index (χ2v) is 13.6. The summed E-state index contributed by atoms with van der Waals surface area (Å²) >= 11 is 0. The fourth-order valence-corrected chi connectivity index (χ4v) is 8.92. The van der Waals surface area contributed by atoms with Crippen molar-refractivity contribution in [2.45, 2.75) is 105 Å². The smallest absolute Gasteiger partial charge is 0.138 e. The Morgan fingerprint density at radius 2 is 1.74 bits per heavy atom. The van der Waals surface area contributed by atoms with Crippen molar-refractivity contribution >= 4 is 5.78 Å². The highest BCUT2D eigenvalue weighted by Crippen LogP contribution is 2.71. The van der Waals surface area contributed by atoms with Gasteiger partial charge >= 0.3 is 0 Å². The van der Waals surface area contributed by atoms with Gasteiger partial charge in [-0.3, -0.25) is 4.79 Å². The van der Waals surface area contributed by atoms with E-state index in [1.54, 1.807) is 11.1 Å². The van der Waals surface area contributed by atoms with Crippen LogP contribution in [0.5, 0.6) is 0 Å². The lowest BCUT2D eigenvalue weighted by atomic mass is 9.44. The zero-order valence-corrected chi connectivity index (χ0v) is 22.4. The Hall–Kier alpha value is -0.970. The molecule has 2 saturated carbocycles. The molecule has 0 heterocycles. The van der Waals surface area contributed by atoms with Gasteiger partial charge in [0.25, 0.3) is 0 Å². The van der Waals surface area contributed by atoms with Crippen molar-refractivity contribution < 1.29 is 20.1 Å². The summed E-state index contributed by atoms with van der Waals surface area (Å²) in [6.07, 6.45) is 13.6. The first-order valence-electron chi connectivity index (χ1n) is 13.7. The fraction of sp³-hybridized carbons (Fsp3) is 0.833. The van der Waals surface area contributed by atoms with Crippen molar-refractivity contribution in [1.29, 1.82) is 0 Å². The van der Waals surface area contributed by atoms with Crippen LogP contribution < -0.4 is 0 Å². The number of Topliss-reactive ketones (excluding diaryl/α,β-unsaturated/α-hetero) is 1. The van der Waals surface area contributed by atoms with Crippen LogP contribution >= 0.6 is 0 Å². The van der Waals surface area contributed by atoms with Crippen molar-refractivity contribution in [3.8, 4) is 0 Å². The topological polar surface area (TPSA) is 77.8 Å². The van der Waals surface area contributed by atoms with Gasteiger partial charge in [0.1, 0.15) is 11.4 Å². The average Bonchev–Trinajstić information content (AvgIpc) is 3.08. The Labute approximate surface area is 206 Å². The van der Waals surface area contributed by atoms with Crippen LogP contribution in [0.4, 0.5) is 0 Å². The summed E-state index contributed by atoms with van der Waals surface area (Å²) in [5.74, 6) is 1.96. The molecule has 0 aromatic heterocycles. The predicted molar refractivity (Wildman–Crippen MR) is 136 cm³/mol. The maximum absolute atomic E-state index is 12.8. The SMILES string of the molecule is CC(CCCC(O)(CO)CO)C1CCC2(C)C3=CCC4C(C)(C)C(=O)CCC4(C)C3=CCC12C. The first kappa shape index (κ1) is 26.1. The third-order valence-electron chi connectivity index (χ3n) is 11.6. The quantitative estimate of drug-likeness (QED) is 0.450. The molecule has 0 radical (unpaired) electrons. The minimum absolute atomic E-state index is 0.0918. The number of ketones is 1. The molecule has 192 valence electrons. The fourth-order valence-electron chi connectivity index (χ4n) is 8.92. The van der Waals surface area contributed by atoms with Crippen molar-refractivity contribution in [3.05, 3.63) is 23.3 Å². The minimum atomic E-state index is -1.36. The Morgan fingerprint density at radius 1 is 1.06 bits per heavy atom. The van der Waals surface area contributed by atoms with Gasteiger partial charge in [0.15, 0.2) is 0 Å². The molecule has 4 aliphatic rings. The Kier molecular flexibility index (Phi) is 6.57. The molecule has 0 aromatic rings. The number of aliphatic hydroxyl groups is 3. The Morgan fingerprint density at radius 3 is 2.38 bits per heavy atom. The summed E-state index contributed by atoms with van der Waals surface area (Å²) < 4.78 is 0. The molecule has 34 heavy (non-hydrogen) atoms. The van der Waals surface area contributed by atoms with Crippen LogP contribution in [-0.2, 0) is 4.79 Å². The van der Waals surface area contributed by atoms with E-state index >= 15 is 0 Å². The summed E-state index contributed by atoms with van der Waals surface area (Å²) in [5.41, 5.74) is 1.97. The third kappa shape index (κ3) is 3.61. The molecule has 0 aliphatic heterocycles. The van der Waals surface area contributed by atoms with Crippen LogP contribution in [0.3, 0.4) is 0 Å². The molecule has 4 heteroatoms. The summed E-state index contributed by atoms with van der Waals surface area (Å²) in [6.45, 7) is 13.4. The number of hydrogen-bond acceptors (Lipinski definition) is 4. The van der Waals surface area contributed by atoms with Gasteiger partial charge in [-0.05, 0) is 83.7 Å². The average molecular weight is 473 g/mol. The van der Waals surface area contributed by atoms with Crippen molar-refractivity contribution in [1.82, 2.24) is 0 Å². The van der Waals surface area contributed by atoms with Gasteiger partial charge in [0.05, 0.1) is 13.2 Å². The molecule has 3 N–H and O–H groups in total. The largest absolute Gasteiger partial charge is 0.393 e. The van der Waals surface area contributed by atoms with Crippen LogP contribution in [-0.4, -0.2) is 39.9 Å². The number of fused-ring (bicyclic) bond motifs is 5. The van der Waals surface area contributed by atoms with Gasteiger partial charge in [-0.2, -0.15) is 0 Å². The lowest BCUT2D eigenvalue weighted by Crippen LogP contribution is -2.53. The van der Waals surface area contributed by atoms with E-state index in [0.29, 0.717) is 36.4 Å². The highest BCUT2D eigenvalue weighted by Gasteiger charge is 2.63. The lowest BCUT2D eigenvalue weighted by molar-refractivity contribution is -0.138. The second kappa shape index (κ2) is 8.56. The van der Waals surface area contributed by atoms with Crippen molar-refractivity contribution in [3.63, 3.8) is 0 Å². The normalized spacial score (nSPS) is 40.1. The van der Waals surface area contributed by atoms with Crippen LogP contribution in [0.25, 0.3) is 0 Å². The molecule has 0 saturated heterocycles. The standard InChI is InChI=1S/C30H48O4/c1-20(8-7-14-30(34,18-31)19-32)21-11-16-29(6)23-9-10-24-26(2,3)25(33)13-15-27(24,4)22(23)12-17-28(21,29)5/h9,12,20-21,24,31-32,34H,7-8,10-11,13-19H2,1-6H3. The Bertz CT molecular complexity index is 880. The van der Waals surface area contributed by atoms with E-state index in [9.17, 15) is 20.1 Å². The molecular formula is C30H48O4. The molecule has 6 atom stereocenters. The second-order valence-electron chi connectivity index (χ2n) is 13.6. The number of carbonyl (C=O) groups is 1. The lowest BCUT2D eigenvalue weighted by Gasteiger charge is -2.59. The van der Waals surface area contributed by atoms with Gasteiger partial charge in [-0.1, -0.05) is 66.5 Å². The molecule has 0 bridgehead atoms. The van der Waals surface area contributed by atoms with Crippen molar-refractivity contribution in [2.24, 2.45) is 39.4 Å². The molecule has 0 spiro atoms. The number of hydrogen-bond donors (Lipinski definition) is 3. The van der Waals surface area contributed by atoms with Crippen LogP contribution in [0, 0.1) is 39.4 Å². The number of rotatable bonds is 7. The molecule has 4 nitrogen and oxygen atoms in total. The number of allylic oxidation sites excluding steroid dienone is 4. The van der Waals surface area contributed by atoms with E-state index in [1.165, 1.54) is 12.8 Å². The molecule has 4 rings (SSSR count). The number of carbonyl (C=O) groups excluding carboxylic acids is 1. The molecule has 0 amide bonds. The van der Waals surface area contributed by atoms with Gasteiger partial charge in [0.2, 0.25) is 0 Å². The zero-order chi connectivity index (χ0) is 25.2. The molecule has 2 fully saturated rings. The van der Waals surface area contributed by atoms with Gasteiger partial charge in [-0.25, -0.2) is 0 Å². The van der Waals surface area contributed by atoms with E-state index < -0.39 is 5.60 Å². The van der Waals surface area contributed by atoms with Gasteiger partial charge < -0.3 is 15.3 Å². The number of aliphatic hydroxyl groups excluding tert-OH is 2. The minimum Gasteiger partial charge on any atom is -0.393 e. The van der Waals surface area contributed by atoms with E-state index in [0.717, 1.165) is 32.1 Å². The summed E-state index contributed by atoms with van der Waals surface area (Å²) in [4.78, 5) is 12.8. The maximum atomic E-state index is 12.8. The van der Waals surface area contributed by atoms with Crippen LogP contribution in [0.1, 0.15) is 99.3 Å². The molecule has 0 aromatic carbocycles. The van der Waals surface area contributed by atoms with E-state index in [1.807, 2.05) is 0 Å². The predicted octanol–water partition coefficient (Wildman–Crippen LogP) is 5.60. The molecule has 6 unspecified atom stereocenters. The van der Waals surface area contributed by atoms with Crippen molar-refractivity contribution in [2.75, 3.05) is 13.2 Å². The zero-order valence-electron chi connectivity index (χ0n) is 22.4.